The van der Waals surface area contributed by atoms with E-state index in [2.05, 4.69) is 39.5 Å². The molecule has 0 aromatic heterocycles. The molecule has 12 heteroatoms. The van der Waals surface area contributed by atoms with Crippen molar-refractivity contribution in [3.63, 3.8) is 0 Å². The maximum absolute atomic E-state index is 11.8. The van der Waals surface area contributed by atoms with Crippen molar-refractivity contribution >= 4 is 35.8 Å². The van der Waals surface area contributed by atoms with Crippen LogP contribution in [0.1, 0.15) is 59.3 Å². The third-order valence-electron chi connectivity index (χ3n) is 5.74. The molecule has 0 unspecified atom stereocenters. The molecule has 0 fully saturated rings. The normalized spacial score (nSPS) is 9.71. The molecule has 0 N–H and O–H groups in total. The number of esters is 6. The number of carbonyl (C=O) groups is 6. The molecule has 0 atom stereocenters. The highest BCUT2D eigenvalue weighted by atomic mass is 16.6. The van der Waals surface area contributed by atoms with E-state index in [1.54, 1.807) is 18.2 Å². The summed E-state index contributed by atoms with van der Waals surface area (Å²) in [5, 5.41) is 0. The van der Waals surface area contributed by atoms with Crippen molar-refractivity contribution < 1.29 is 57.2 Å². The van der Waals surface area contributed by atoms with Gasteiger partial charge in [-0.25, -0.2) is 14.4 Å². The molecule has 2 rings (SSSR count). The Morgan fingerprint density at radius 2 is 0.627 bits per heavy atom. The molecular formula is C39H42O12. The van der Waals surface area contributed by atoms with Gasteiger partial charge in [-0.3, -0.25) is 14.4 Å². The molecule has 2 aromatic carbocycles. The van der Waals surface area contributed by atoms with Gasteiger partial charge in [-0.1, -0.05) is 38.0 Å². The minimum atomic E-state index is -0.671. The first-order valence-electron chi connectivity index (χ1n) is 15.5. The molecule has 0 amide bonds. The Bertz CT molecular complexity index is 1480. The van der Waals surface area contributed by atoms with Crippen molar-refractivity contribution in [2.45, 2.75) is 59.3 Å². The van der Waals surface area contributed by atoms with Crippen LogP contribution >= 0.6 is 0 Å². The zero-order chi connectivity index (χ0) is 38.5. The second kappa shape index (κ2) is 22.4. The lowest BCUT2D eigenvalue weighted by molar-refractivity contribution is -0.134. The Kier molecular flexibility index (Phi) is 18.7. The molecular weight excluding hydrogens is 660 g/mol. The van der Waals surface area contributed by atoms with Gasteiger partial charge in [0.05, 0.1) is 0 Å². The average molecular weight is 703 g/mol. The quantitative estimate of drug-likeness (QED) is 0.0656. The maximum atomic E-state index is 11.8. The predicted molar refractivity (Wildman–Crippen MR) is 189 cm³/mol. The summed E-state index contributed by atoms with van der Waals surface area (Å²) in [5.41, 5.74) is 0.541. The molecule has 0 aliphatic heterocycles. The largest absolute Gasteiger partial charge is 0.426 e. The van der Waals surface area contributed by atoms with Crippen LogP contribution in [0.5, 0.6) is 34.5 Å². The number of hydrogen-bond acceptors (Lipinski definition) is 12. The van der Waals surface area contributed by atoms with Gasteiger partial charge >= 0.3 is 35.8 Å². The third-order valence-corrected chi connectivity index (χ3v) is 5.74. The van der Waals surface area contributed by atoms with Crippen LogP contribution < -0.4 is 28.4 Å². The first-order chi connectivity index (χ1) is 24.1. The van der Waals surface area contributed by atoms with Gasteiger partial charge in [0, 0.05) is 72.4 Å². The zero-order valence-electron chi connectivity index (χ0n) is 29.1. The lowest BCUT2D eigenvalue weighted by Crippen LogP contribution is -2.12. The zero-order valence-corrected chi connectivity index (χ0v) is 29.1. The van der Waals surface area contributed by atoms with Gasteiger partial charge in [-0.05, 0) is 40.0 Å². The van der Waals surface area contributed by atoms with Crippen LogP contribution in [0.4, 0.5) is 0 Å². The topological polar surface area (TPSA) is 158 Å². The molecule has 0 radical (unpaired) electrons. The van der Waals surface area contributed by atoms with E-state index in [9.17, 15) is 28.8 Å². The minimum Gasteiger partial charge on any atom is -0.426 e. The average Bonchev–Trinajstić information content (AvgIpc) is 3.05. The molecule has 0 spiro atoms. The lowest BCUT2D eigenvalue weighted by atomic mass is 10.2. The summed E-state index contributed by atoms with van der Waals surface area (Å²) < 4.78 is 30.9. The van der Waals surface area contributed by atoms with Crippen molar-refractivity contribution in [1.29, 1.82) is 0 Å². The van der Waals surface area contributed by atoms with E-state index in [0.29, 0.717) is 19.3 Å². The molecule has 2 aromatic rings. The highest BCUT2D eigenvalue weighted by Crippen LogP contribution is 2.30. The van der Waals surface area contributed by atoms with E-state index in [1.807, 2.05) is 0 Å². The fourth-order valence-corrected chi connectivity index (χ4v) is 3.23. The van der Waals surface area contributed by atoms with Gasteiger partial charge in [0.15, 0.2) is 0 Å². The molecule has 0 aliphatic carbocycles. The van der Waals surface area contributed by atoms with Gasteiger partial charge in [0.2, 0.25) is 0 Å². The van der Waals surface area contributed by atoms with Crippen LogP contribution in [0.15, 0.2) is 111 Å². The SMILES string of the molecule is C=C(C)C(=O)Oc1cc(OC(=O)C(=C)C)cc(OC(=O)C(=C)C)c1.C=CCCC(=O)Oc1cc(OC(=O)CCC=C)cc(OC(=O)CCC=C)c1. The molecule has 0 aliphatic rings. The predicted octanol–water partition coefficient (Wildman–Crippen LogP) is 7.43. The van der Waals surface area contributed by atoms with Gasteiger partial charge in [0.1, 0.15) is 34.5 Å². The molecule has 0 bridgehead atoms. The van der Waals surface area contributed by atoms with Crippen molar-refractivity contribution in [2.24, 2.45) is 0 Å². The first-order valence-corrected chi connectivity index (χ1v) is 15.5. The summed E-state index contributed by atoms with van der Waals surface area (Å²) in [6, 6.07) is 8.08. The number of benzene rings is 2. The summed E-state index contributed by atoms with van der Waals surface area (Å²) >= 11 is 0. The van der Waals surface area contributed by atoms with E-state index in [4.69, 9.17) is 28.4 Å². The van der Waals surface area contributed by atoms with Crippen LogP contribution in [0, 0.1) is 0 Å². The van der Waals surface area contributed by atoms with Crippen LogP contribution in [-0.2, 0) is 28.8 Å². The van der Waals surface area contributed by atoms with Crippen LogP contribution in [-0.4, -0.2) is 35.8 Å². The van der Waals surface area contributed by atoms with Crippen LogP contribution in [0.25, 0.3) is 0 Å². The molecule has 0 saturated carbocycles. The van der Waals surface area contributed by atoms with Gasteiger partial charge < -0.3 is 28.4 Å². The monoisotopic (exact) mass is 702 g/mol. The second-order valence-corrected chi connectivity index (χ2v) is 10.7. The van der Waals surface area contributed by atoms with Crippen molar-refractivity contribution in [3.05, 3.63) is 111 Å². The highest BCUT2D eigenvalue weighted by molar-refractivity contribution is 5.91. The summed E-state index contributed by atoms with van der Waals surface area (Å²) in [5.74, 6) is -3.02. The van der Waals surface area contributed by atoms with E-state index in [-0.39, 0.29) is 70.5 Å². The standard InChI is InChI=1S/C21H24O6.C18H18O6/c1-4-7-10-19(22)25-16-13-17(26-20(23)11-8-5-2)15-18(14-16)27-21(24)12-9-6-3;1-10(2)16(19)22-13-7-14(23-17(20)11(3)4)9-15(8-13)24-18(21)12(5)6/h4-6,13-15H,1-3,7-12H2;7-9H,1,3,5H2,2,4,6H3. The van der Waals surface area contributed by atoms with Gasteiger partial charge in [-0.15, -0.1) is 19.7 Å². The highest BCUT2D eigenvalue weighted by Gasteiger charge is 2.16. The van der Waals surface area contributed by atoms with Crippen molar-refractivity contribution in [1.82, 2.24) is 0 Å². The number of ether oxygens (including phenoxy) is 6. The van der Waals surface area contributed by atoms with E-state index in [0.717, 1.165) is 0 Å². The Labute approximate surface area is 297 Å². The third kappa shape index (κ3) is 17.6. The van der Waals surface area contributed by atoms with Crippen molar-refractivity contribution in [2.75, 3.05) is 0 Å². The Morgan fingerprint density at radius 3 is 0.804 bits per heavy atom. The van der Waals surface area contributed by atoms with Crippen LogP contribution in [0.3, 0.4) is 0 Å². The minimum absolute atomic E-state index is 0.0273. The fraction of sp³-hybridized carbons (Fsp3) is 0.231. The maximum Gasteiger partial charge on any atom is 0.338 e. The molecule has 51 heavy (non-hydrogen) atoms. The second-order valence-electron chi connectivity index (χ2n) is 10.7. The molecule has 0 saturated heterocycles. The Balaban J connectivity index is 0.000000514. The fourth-order valence-electron chi connectivity index (χ4n) is 3.23. The lowest BCUT2D eigenvalue weighted by Gasteiger charge is -2.11. The van der Waals surface area contributed by atoms with Crippen LogP contribution in [0.2, 0.25) is 0 Å². The molecule has 0 heterocycles. The Morgan fingerprint density at radius 1 is 0.431 bits per heavy atom. The Hall–Kier alpha value is -6.30. The number of rotatable bonds is 18. The van der Waals surface area contributed by atoms with E-state index < -0.39 is 35.8 Å². The molecule has 270 valence electrons. The summed E-state index contributed by atoms with van der Waals surface area (Å²) in [7, 11) is 0. The summed E-state index contributed by atoms with van der Waals surface area (Å²) in [6.45, 7) is 25.5. The number of carbonyl (C=O) groups excluding carboxylic acids is 6. The van der Waals surface area contributed by atoms with E-state index >= 15 is 0 Å². The number of hydrogen-bond donors (Lipinski definition) is 0. The van der Waals surface area contributed by atoms with Gasteiger partial charge in [0.25, 0.3) is 0 Å². The number of allylic oxidation sites excluding steroid dienone is 3. The first kappa shape index (κ1) is 42.7. The smallest absolute Gasteiger partial charge is 0.338 e. The molecule has 12 nitrogen and oxygen atoms in total. The van der Waals surface area contributed by atoms with Crippen molar-refractivity contribution in [3.8, 4) is 34.5 Å². The summed E-state index contributed by atoms with van der Waals surface area (Å²) in [4.78, 5) is 70.3. The van der Waals surface area contributed by atoms with E-state index in [1.165, 1.54) is 57.2 Å². The summed E-state index contributed by atoms with van der Waals surface area (Å²) in [6.07, 6.45) is 6.68. The van der Waals surface area contributed by atoms with Gasteiger partial charge in [-0.2, -0.15) is 0 Å².